The highest BCUT2D eigenvalue weighted by Gasteiger charge is 2.40. The predicted octanol–water partition coefficient (Wildman–Crippen LogP) is 4.05. The molecule has 0 aliphatic heterocycles. The molecule has 1 N–H and O–H groups in total. The van der Waals surface area contributed by atoms with Crippen LogP contribution in [0.25, 0.3) is 11.1 Å². The summed E-state index contributed by atoms with van der Waals surface area (Å²) in [5.41, 5.74) is 2.83. The van der Waals surface area contributed by atoms with E-state index in [0.29, 0.717) is 41.2 Å². The summed E-state index contributed by atoms with van der Waals surface area (Å²) >= 11 is 0. The average Bonchev–Trinajstić information content (AvgIpc) is 2.83. The van der Waals surface area contributed by atoms with Gasteiger partial charge in [-0.2, -0.15) is 13.2 Å². The number of halogens is 3. The summed E-state index contributed by atoms with van der Waals surface area (Å²) in [6, 6.07) is 7.91. The van der Waals surface area contributed by atoms with Gasteiger partial charge in [0.2, 0.25) is 0 Å². The Morgan fingerprint density at radius 3 is 2.43 bits per heavy atom. The van der Waals surface area contributed by atoms with Crippen LogP contribution in [-0.2, 0) is 11.2 Å². The molecular weight excluding hydrogens is 375 g/mol. The number of hydrogen-bond acceptors (Lipinski definition) is 4. The molecule has 1 amide bonds. The first-order valence-electron chi connectivity index (χ1n) is 8.60. The van der Waals surface area contributed by atoms with E-state index in [-0.39, 0.29) is 0 Å². The summed E-state index contributed by atoms with van der Waals surface area (Å²) < 4.78 is 54.7. The topological polar surface area (TPSA) is 56.8 Å². The normalized spacial score (nSPS) is 15.7. The maximum atomic E-state index is 12.8. The minimum Gasteiger partial charge on any atom is -0.497 e. The van der Waals surface area contributed by atoms with Crippen LogP contribution in [0.5, 0.6) is 17.2 Å². The Labute approximate surface area is 160 Å². The van der Waals surface area contributed by atoms with Gasteiger partial charge in [0.05, 0.1) is 27.4 Å². The van der Waals surface area contributed by atoms with E-state index in [1.807, 2.05) is 12.1 Å². The van der Waals surface area contributed by atoms with Crippen LogP contribution in [0, 0.1) is 0 Å². The van der Waals surface area contributed by atoms with Crippen molar-refractivity contribution in [3.8, 4) is 28.4 Å². The van der Waals surface area contributed by atoms with Crippen LogP contribution in [0.3, 0.4) is 0 Å². The Balaban J connectivity index is 2.19. The Hall–Kier alpha value is -2.90. The monoisotopic (exact) mass is 395 g/mol. The average molecular weight is 395 g/mol. The molecular formula is C20H20F3NO4. The van der Waals surface area contributed by atoms with Gasteiger partial charge in [-0.1, -0.05) is 12.1 Å². The molecule has 2 aromatic carbocycles. The lowest BCUT2D eigenvalue weighted by Crippen LogP contribution is -2.39. The number of ether oxygens (including phenoxy) is 3. The van der Waals surface area contributed by atoms with Gasteiger partial charge in [0, 0.05) is 5.56 Å². The van der Waals surface area contributed by atoms with Crippen molar-refractivity contribution < 1.29 is 32.2 Å². The first kappa shape index (κ1) is 19.9. The second-order valence-electron chi connectivity index (χ2n) is 6.35. The fourth-order valence-electron chi connectivity index (χ4n) is 3.50. The van der Waals surface area contributed by atoms with E-state index < -0.39 is 18.1 Å². The summed E-state index contributed by atoms with van der Waals surface area (Å²) in [4.78, 5) is 11.6. The van der Waals surface area contributed by atoms with E-state index >= 15 is 0 Å². The Bertz CT molecular complexity index is 896. The molecule has 1 aliphatic rings. The molecule has 28 heavy (non-hydrogen) atoms. The van der Waals surface area contributed by atoms with Crippen LogP contribution in [0.4, 0.5) is 13.2 Å². The molecule has 0 saturated carbocycles. The molecule has 0 heterocycles. The molecule has 0 bridgehead atoms. The van der Waals surface area contributed by atoms with Crippen LogP contribution in [0.15, 0.2) is 30.3 Å². The maximum absolute atomic E-state index is 12.8. The SMILES string of the molecule is COc1ccc2c(c1)CCC(NC(=O)C(F)(F)F)c1ccc(OC)c(OC)c1-2. The van der Waals surface area contributed by atoms with Gasteiger partial charge in [-0.05, 0) is 47.7 Å². The minimum absolute atomic E-state index is 0.296. The van der Waals surface area contributed by atoms with Gasteiger partial charge in [-0.3, -0.25) is 4.79 Å². The van der Waals surface area contributed by atoms with Gasteiger partial charge in [0.1, 0.15) is 5.75 Å². The van der Waals surface area contributed by atoms with Crippen molar-refractivity contribution in [2.75, 3.05) is 21.3 Å². The predicted molar refractivity (Wildman–Crippen MR) is 96.8 cm³/mol. The number of amides is 1. The van der Waals surface area contributed by atoms with Crippen molar-refractivity contribution in [2.45, 2.75) is 25.1 Å². The lowest BCUT2D eigenvalue weighted by Gasteiger charge is -2.22. The van der Waals surface area contributed by atoms with E-state index in [9.17, 15) is 18.0 Å². The second kappa shape index (κ2) is 7.61. The Kier molecular flexibility index (Phi) is 5.40. The molecule has 2 aromatic rings. The largest absolute Gasteiger partial charge is 0.497 e. The smallest absolute Gasteiger partial charge is 0.471 e. The summed E-state index contributed by atoms with van der Waals surface area (Å²) in [7, 11) is 4.50. The molecule has 1 aliphatic carbocycles. The molecule has 0 fully saturated rings. The molecule has 3 rings (SSSR count). The minimum atomic E-state index is -4.96. The molecule has 8 heteroatoms. The molecule has 150 valence electrons. The van der Waals surface area contributed by atoms with Crippen molar-refractivity contribution in [1.82, 2.24) is 5.32 Å². The van der Waals surface area contributed by atoms with Gasteiger partial charge in [0.15, 0.2) is 11.5 Å². The zero-order valence-electron chi connectivity index (χ0n) is 15.6. The summed E-state index contributed by atoms with van der Waals surface area (Å²) in [5, 5.41) is 2.12. The fourth-order valence-corrected chi connectivity index (χ4v) is 3.50. The fraction of sp³-hybridized carbons (Fsp3) is 0.350. The van der Waals surface area contributed by atoms with Crippen LogP contribution in [0.2, 0.25) is 0 Å². The van der Waals surface area contributed by atoms with Crippen molar-refractivity contribution in [1.29, 1.82) is 0 Å². The molecule has 5 nitrogen and oxygen atoms in total. The highest BCUT2D eigenvalue weighted by Crippen LogP contribution is 2.47. The van der Waals surface area contributed by atoms with Crippen molar-refractivity contribution in [2.24, 2.45) is 0 Å². The summed E-state index contributed by atoms with van der Waals surface area (Å²) in [5.74, 6) is -0.480. The molecule has 1 atom stereocenters. The van der Waals surface area contributed by atoms with Gasteiger partial charge in [-0.25, -0.2) is 0 Å². The second-order valence-corrected chi connectivity index (χ2v) is 6.35. The third-order valence-electron chi connectivity index (χ3n) is 4.80. The summed E-state index contributed by atoms with van der Waals surface area (Å²) in [6.07, 6.45) is -4.21. The Morgan fingerprint density at radius 1 is 1.07 bits per heavy atom. The number of aryl methyl sites for hydroxylation is 1. The third kappa shape index (κ3) is 3.58. The first-order chi connectivity index (χ1) is 13.3. The van der Waals surface area contributed by atoms with E-state index in [1.165, 1.54) is 14.2 Å². The lowest BCUT2D eigenvalue weighted by atomic mass is 9.93. The van der Waals surface area contributed by atoms with Gasteiger partial charge >= 0.3 is 12.1 Å². The number of carbonyl (C=O) groups is 1. The van der Waals surface area contributed by atoms with Crippen molar-refractivity contribution >= 4 is 5.91 Å². The molecule has 0 spiro atoms. The molecule has 0 aromatic heterocycles. The zero-order valence-corrected chi connectivity index (χ0v) is 15.6. The quantitative estimate of drug-likeness (QED) is 0.849. The number of rotatable bonds is 4. The highest BCUT2D eigenvalue weighted by atomic mass is 19.4. The highest BCUT2D eigenvalue weighted by molar-refractivity contribution is 5.85. The number of fused-ring (bicyclic) bond motifs is 3. The maximum Gasteiger partial charge on any atom is 0.471 e. The Morgan fingerprint density at radius 2 is 1.82 bits per heavy atom. The number of nitrogens with one attached hydrogen (secondary N) is 1. The van der Waals surface area contributed by atoms with E-state index in [4.69, 9.17) is 14.2 Å². The lowest BCUT2D eigenvalue weighted by molar-refractivity contribution is -0.174. The van der Waals surface area contributed by atoms with Crippen molar-refractivity contribution in [3.05, 3.63) is 41.5 Å². The first-order valence-corrected chi connectivity index (χ1v) is 8.60. The van der Waals surface area contributed by atoms with Crippen LogP contribution < -0.4 is 19.5 Å². The standard InChI is InChI=1S/C20H20F3NO4/c1-26-12-5-6-13-11(10-12)4-8-15(24-19(25)20(21,22)23)14-7-9-16(27-2)18(28-3)17(13)14/h5-7,9-10,15H,4,8H2,1-3H3,(H,24,25). The number of benzene rings is 2. The van der Waals surface area contributed by atoms with Crippen LogP contribution >= 0.6 is 0 Å². The number of hydrogen-bond donors (Lipinski definition) is 1. The van der Waals surface area contributed by atoms with Crippen LogP contribution in [-0.4, -0.2) is 33.4 Å². The number of methoxy groups -OCH3 is 3. The molecule has 1 unspecified atom stereocenters. The van der Waals surface area contributed by atoms with E-state index in [2.05, 4.69) is 5.32 Å². The molecule has 0 saturated heterocycles. The third-order valence-corrected chi connectivity index (χ3v) is 4.80. The van der Waals surface area contributed by atoms with E-state index in [1.54, 1.807) is 25.3 Å². The van der Waals surface area contributed by atoms with Crippen LogP contribution in [0.1, 0.15) is 23.6 Å². The number of carbonyl (C=O) groups excluding carboxylic acids is 1. The zero-order chi connectivity index (χ0) is 20.5. The van der Waals surface area contributed by atoms with Gasteiger partial charge in [0.25, 0.3) is 0 Å². The summed E-state index contributed by atoms with van der Waals surface area (Å²) in [6.45, 7) is 0. The van der Waals surface area contributed by atoms with E-state index in [0.717, 1.165) is 11.1 Å². The molecule has 0 radical (unpaired) electrons. The van der Waals surface area contributed by atoms with Gasteiger partial charge in [-0.15, -0.1) is 0 Å². The van der Waals surface area contributed by atoms with Crippen molar-refractivity contribution in [3.63, 3.8) is 0 Å². The van der Waals surface area contributed by atoms with Gasteiger partial charge < -0.3 is 19.5 Å². The number of alkyl halides is 3.